The molecule has 0 aliphatic rings. The highest BCUT2D eigenvalue weighted by Crippen LogP contribution is 1.93. The zero-order valence-electron chi connectivity index (χ0n) is 4.83. The Labute approximate surface area is 54.3 Å². The molecule has 0 atom stereocenters. The summed E-state index contributed by atoms with van der Waals surface area (Å²) in [6, 6.07) is 0. The Morgan fingerprint density at radius 3 is 3.30 bits per heavy atom. The summed E-state index contributed by atoms with van der Waals surface area (Å²) in [5.74, 6) is 0. The van der Waals surface area contributed by atoms with Gasteiger partial charge in [0.2, 0.25) is 5.65 Å². The minimum Gasteiger partial charge on any atom is -0.326 e. The molecule has 0 bridgehead atoms. The maximum Gasteiger partial charge on any atom is 0.363 e. The number of fused-ring (bicyclic) bond motifs is 1. The van der Waals surface area contributed by atoms with Crippen molar-refractivity contribution in [3.63, 3.8) is 0 Å². The first-order valence-electron chi connectivity index (χ1n) is 2.62. The molecule has 0 aliphatic carbocycles. The highest BCUT2D eigenvalue weighted by molar-refractivity contribution is 5.62. The molecule has 0 radical (unpaired) electrons. The smallest absolute Gasteiger partial charge is 0.326 e. The number of hydrogen-bond donors (Lipinski definition) is 2. The third-order valence-electron chi connectivity index (χ3n) is 1.07. The molecule has 0 aliphatic heterocycles. The number of rotatable bonds is 0. The van der Waals surface area contributed by atoms with Gasteiger partial charge in [-0.25, -0.2) is 14.9 Å². The van der Waals surface area contributed by atoms with Crippen molar-refractivity contribution >= 4 is 11.3 Å². The van der Waals surface area contributed by atoms with E-state index in [1.54, 1.807) is 0 Å². The van der Waals surface area contributed by atoms with E-state index in [1.807, 2.05) is 0 Å². The van der Waals surface area contributed by atoms with Gasteiger partial charge in [-0.3, -0.25) is 0 Å². The van der Waals surface area contributed by atoms with Gasteiger partial charge in [0.25, 0.3) is 0 Å². The number of H-pyrrole nitrogens is 2. The van der Waals surface area contributed by atoms with Crippen LogP contribution in [0.2, 0.25) is 0 Å². The molecule has 6 nitrogen and oxygen atoms in total. The van der Waals surface area contributed by atoms with Gasteiger partial charge in [0.1, 0.15) is 0 Å². The monoisotopic (exact) mass is 137 g/mol. The first kappa shape index (κ1) is 5.10. The highest BCUT2D eigenvalue weighted by atomic mass is 16.1. The van der Waals surface area contributed by atoms with Crippen LogP contribution in [0.3, 0.4) is 0 Å². The molecule has 50 valence electrons. The van der Waals surface area contributed by atoms with Gasteiger partial charge in [0.05, 0.1) is 6.33 Å². The largest absolute Gasteiger partial charge is 0.363 e. The number of imidazole rings is 1. The van der Waals surface area contributed by atoms with E-state index in [0.29, 0.717) is 11.3 Å². The Morgan fingerprint density at radius 1 is 1.50 bits per heavy atom. The fourth-order valence-corrected chi connectivity index (χ4v) is 0.669. The van der Waals surface area contributed by atoms with Gasteiger partial charge >= 0.3 is 5.69 Å². The van der Waals surface area contributed by atoms with E-state index in [0.717, 1.165) is 0 Å². The van der Waals surface area contributed by atoms with Crippen molar-refractivity contribution in [1.82, 2.24) is 25.1 Å². The van der Waals surface area contributed by atoms with Crippen LogP contribution in [0.25, 0.3) is 11.3 Å². The molecule has 0 spiro atoms. The molecular formula is C4H3N5O. The van der Waals surface area contributed by atoms with Crippen molar-refractivity contribution in [3.8, 4) is 0 Å². The molecule has 10 heavy (non-hydrogen) atoms. The minimum atomic E-state index is -0.486. The molecule has 2 rings (SSSR count). The van der Waals surface area contributed by atoms with E-state index < -0.39 is 5.69 Å². The third-order valence-corrected chi connectivity index (χ3v) is 1.07. The predicted octanol–water partition coefficient (Wildman–Crippen LogP) is -0.959. The van der Waals surface area contributed by atoms with Crippen LogP contribution < -0.4 is 5.69 Å². The van der Waals surface area contributed by atoms with E-state index in [-0.39, 0.29) is 0 Å². The van der Waals surface area contributed by atoms with Gasteiger partial charge in [0.15, 0.2) is 5.65 Å². The lowest BCUT2D eigenvalue weighted by Crippen LogP contribution is -2.11. The van der Waals surface area contributed by atoms with Crippen LogP contribution >= 0.6 is 0 Å². The normalized spacial score (nSPS) is 10.4. The Bertz CT molecular complexity index is 401. The first-order chi connectivity index (χ1) is 4.86. The van der Waals surface area contributed by atoms with Crippen molar-refractivity contribution in [3.05, 3.63) is 16.8 Å². The average Bonchev–Trinajstić information content (AvgIpc) is 2.33. The molecule has 2 aromatic rings. The second-order valence-electron chi connectivity index (χ2n) is 1.72. The van der Waals surface area contributed by atoms with Crippen LogP contribution in [-0.4, -0.2) is 25.1 Å². The highest BCUT2D eigenvalue weighted by Gasteiger charge is 1.96. The number of aromatic amines is 2. The molecule has 2 heterocycles. The summed E-state index contributed by atoms with van der Waals surface area (Å²) in [4.78, 5) is 20.4. The lowest BCUT2D eigenvalue weighted by Gasteiger charge is -1.80. The Morgan fingerprint density at radius 2 is 2.40 bits per heavy atom. The molecule has 6 heteroatoms. The maximum absolute atomic E-state index is 10.5. The lowest BCUT2D eigenvalue weighted by molar-refractivity contribution is 0.950. The van der Waals surface area contributed by atoms with Crippen molar-refractivity contribution in [2.75, 3.05) is 0 Å². The number of hydrogen-bond acceptors (Lipinski definition) is 4. The molecule has 0 amide bonds. The van der Waals surface area contributed by atoms with Crippen molar-refractivity contribution in [1.29, 1.82) is 0 Å². The van der Waals surface area contributed by atoms with Crippen molar-refractivity contribution in [2.24, 2.45) is 0 Å². The fourth-order valence-electron chi connectivity index (χ4n) is 0.669. The van der Waals surface area contributed by atoms with Crippen LogP contribution in [0.1, 0.15) is 0 Å². The Kier molecular flexibility index (Phi) is 0.830. The molecular weight excluding hydrogens is 134 g/mol. The molecule has 2 aromatic heterocycles. The number of nitrogens with zero attached hydrogens (tertiary/aromatic N) is 3. The molecule has 0 saturated carbocycles. The summed E-state index contributed by atoms with van der Waals surface area (Å²) < 4.78 is 0. The predicted molar refractivity (Wildman–Crippen MR) is 32.3 cm³/mol. The van der Waals surface area contributed by atoms with Crippen LogP contribution in [0.15, 0.2) is 11.1 Å². The van der Waals surface area contributed by atoms with E-state index in [4.69, 9.17) is 0 Å². The maximum atomic E-state index is 10.5. The van der Waals surface area contributed by atoms with Gasteiger partial charge in [-0.15, -0.1) is 5.10 Å². The standard InChI is InChI=1S/C4H3N5O/c10-4-7-2-3(8-9-4)6-1-5-2/h1H,(H2,5,6,7,8,9,10). The summed E-state index contributed by atoms with van der Waals surface area (Å²) in [6.45, 7) is 0. The quantitative estimate of drug-likeness (QED) is 0.489. The van der Waals surface area contributed by atoms with Crippen molar-refractivity contribution in [2.45, 2.75) is 0 Å². The van der Waals surface area contributed by atoms with E-state index in [2.05, 4.69) is 25.1 Å². The lowest BCUT2D eigenvalue weighted by atomic mass is 10.7. The third kappa shape index (κ3) is 0.586. The zero-order chi connectivity index (χ0) is 6.97. The van der Waals surface area contributed by atoms with Crippen molar-refractivity contribution < 1.29 is 0 Å². The van der Waals surface area contributed by atoms with Crippen LogP contribution in [0, 0.1) is 0 Å². The van der Waals surface area contributed by atoms with Crippen LogP contribution in [-0.2, 0) is 0 Å². The summed E-state index contributed by atoms with van der Waals surface area (Å²) in [7, 11) is 0. The first-order valence-corrected chi connectivity index (χ1v) is 2.62. The molecule has 0 fully saturated rings. The molecule has 0 unspecified atom stereocenters. The summed E-state index contributed by atoms with van der Waals surface area (Å²) >= 11 is 0. The number of nitrogens with one attached hydrogen (secondary N) is 2. The van der Waals surface area contributed by atoms with E-state index in [1.165, 1.54) is 6.33 Å². The van der Waals surface area contributed by atoms with E-state index >= 15 is 0 Å². The summed E-state index contributed by atoms with van der Waals surface area (Å²) in [6.07, 6.45) is 1.43. The van der Waals surface area contributed by atoms with Gasteiger partial charge in [0, 0.05) is 0 Å². The molecule has 0 saturated heterocycles. The van der Waals surface area contributed by atoms with Gasteiger partial charge in [-0.05, 0) is 0 Å². The van der Waals surface area contributed by atoms with E-state index in [9.17, 15) is 4.79 Å². The Hall–Kier alpha value is -1.72. The topological polar surface area (TPSA) is 87.3 Å². The van der Waals surface area contributed by atoms with Crippen LogP contribution in [0.5, 0.6) is 0 Å². The summed E-state index contributed by atoms with van der Waals surface area (Å²) in [5.41, 5.74) is 0.336. The Balaban J connectivity index is 2.99. The second kappa shape index (κ2) is 1.63. The summed E-state index contributed by atoms with van der Waals surface area (Å²) in [5, 5.41) is 5.80. The fraction of sp³-hybridized carbons (Fsp3) is 0. The molecule has 2 N–H and O–H groups in total. The molecule has 0 aromatic carbocycles. The SMILES string of the molecule is O=c1nc2nc[nH]c2n[nH]1. The zero-order valence-corrected chi connectivity index (χ0v) is 4.83. The second-order valence-corrected chi connectivity index (χ2v) is 1.72. The minimum absolute atomic E-state index is 0.337. The average molecular weight is 137 g/mol. The van der Waals surface area contributed by atoms with Gasteiger partial charge in [-0.2, -0.15) is 4.98 Å². The van der Waals surface area contributed by atoms with Gasteiger partial charge in [-0.1, -0.05) is 0 Å². The number of aromatic nitrogens is 5. The van der Waals surface area contributed by atoms with Gasteiger partial charge < -0.3 is 4.98 Å². The van der Waals surface area contributed by atoms with Crippen LogP contribution in [0.4, 0.5) is 0 Å².